The van der Waals surface area contributed by atoms with Gasteiger partial charge in [0.2, 0.25) is 0 Å². The van der Waals surface area contributed by atoms with E-state index >= 15 is 0 Å². The topological polar surface area (TPSA) is 32.8 Å². The Kier molecular flexibility index (Phi) is 6.14. The first-order valence-corrected chi connectivity index (χ1v) is 9.52. The quantitative estimate of drug-likeness (QED) is 0.767. The van der Waals surface area contributed by atoms with Crippen molar-refractivity contribution in [2.45, 2.75) is 38.1 Å². The predicted molar refractivity (Wildman–Crippen MR) is 101 cm³/mol. The minimum atomic E-state index is 0.144. The second kappa shape index (κ2) is 8.52. The zero-order valence-corrected chi connectivity index (χ0v) is 15.3. The second-order valence-electron chi connectivity index (χ2n) is 7.30. The van der Waals surface area contributed by atoms with Crippen LogP contribution in [0.4, 0.5) is 0 Å². The van der Waals surface area contributed by atoms with Crippen molar-refractivity contribution in [2.24, 2.45) is 5.92 Å². The molecular weight excluding hydrogens is 312 g/mol. The maximum atomic E-state index is 12.7. The number of likely N-dealkylation sites (tertiary alicyclic amines) is 2. The maximum Gasteiger partial charge on any atom is 0.253 e. The van der Waals surface area contributed by atoms with Gasteiger partial charge < -0.3 is 14.5 Å². The average molecular weight is 342 g/mol. The van der Waals surface area contributed by atoms with Gasteiger partial charge in [-0.05, 0) is 69.5 Å². The summed E-state index contributed by atoms with van der Waals surface area (Å²) in [5.74, 6) is 1.66. The van der Waals surface area contributed by atoms with Crippen LogP contribution >= 0.6 is 0 Å². The Balaban J connectivity index is 1.53. The van der Waals surface area contributed by atoms with E-state index < -0.39 is 0 Å². The van der Waals surface area contributed by atoms with Gasteiger partial charge in [-0.25, -0.2) is 0 Å². The average Bonchev–Trinajstić information content (AvgIpc) is 2.67. The van der Waals surface area contributed by atoms with Crippen molar-refractivity contribution in [3.63, 3.8) is 0 Å². The summed E-state index contributed by atoms with van der Waals surface area (Å²) >= 11 is 0. The van der Waals surface area contributed by atoms with Crippen molar-refractivity contribution >= 4 is 5.91 Å². The zero-order chi connectivity index (χ0) is 17.6. The molecule has 4 nitrogen and oxygen atoms in total. The van der Waals surface area contributed by atoms with E-state index in [0.717, 1.165) is 43.2 Å². The Morgan fingerprint density at radius 1 is 1.16 bits per heavy atom. The first-order chi connectivity index (χ1) is 12.2. The van der Waals surface area contributed by atoms with E-state index in [2.05, 4.69) is 18.5 Å². The predicted octanol–water partition coefficient (Wildman–Crippen LogP) is 3.59. The summed E-state index contributed by atoms with van der Waals surface area (Å²) in [4.78, 5) is 17.3. The van der Waals surface area contributed by atoms with E-state index in [0.29, 0.717) is 12.6 Å². The fourth-order valence-electron chi connectivity index (χ4n) is 4.22. The first kappa shape index (κ1) is 18.0. The Hall–Kier alpha value is -1.81. The van der Waals surface area contributed by atoms with Gasteiger partial charge in [-0.2, -0.15) is 0 Å². The molecule has 4 heteroatoms. The molecule has 0 saturated carbocycles. The van der Waals surface area contributed by atoms with Crippen LogP contribution in [0.1, 0.15) is 42.5 Å². The number of carbonyl (C=O) groups is 1. The SMILES string of the molecule is C=CCOc1ccc(C(=O)N2CCC(C3CCCCN3C)CC2)cc1. The van der Waals surface area contributed by atoms with Gasteiger partial charge in [-0.1, -0.05) is 19.1 Å². The lowest BCUT2D eigenvalue weighted by atomic mass is 9.84. The second-order valence-corrected chi connectivity index (χ2v) is 7.30. The summed E-state index contributed by atoms with van der Waals surface area (Å²) in [5.41, 5.74) is 0.749. The van der Waals surface area contributed by atoms with Crippen molar-refractivity contribution in [1.82, 2.24) is 9.80 Å². The molecule has 1 unspecified atom stereocenters. The number of piperidine rings is 2. The van der Waals surface area contributed by atoms with Gasteiger partial charge in [-0.15, -0.1) is 0 Å². The molecule has 3 rings (SSSR count). The lowest BCUT2D eigenvalue weighted by Gasteiger charge is -2.42. The molecule has 0 radical (unpaired) electrons. The van der Waals surface area contributed by atoms with Crippen LogP contribution in [0, 0.1) is 5.92 Å². The highest BCUT2D eigenvalue weighted by Crippen LogP contribution is 2.30. The summed E-state index contributed by atoms with van der Waals surface area (Å²) in [6.07, 6.45) is 7.97. The van der Waals surface area contributed by atoms with E-state index in [1.807, 2.05) is 29.2 Å². The van der Waals surface area contributed by atoms with Gasteiger partial charge in [0.1, 0.15) is 12.4 Å². The summed E-state index contributed by atoms with van der Waals surface area (Å²) < 4.78 is 5.48. The molecule has 0 N–H and O–H groups in total. The van der Waals surface area contributed by atoms with Crippen LogP contribution in [0.25, 0.3) is 0 Å². The third-order valence-electron chi connectivity index (χ3n) is 5.67. The molecule has 0 bridgehead atoms. The lowest BCUT2D eigenvalue weighted by molar-refractivity contribution is 0.0554. The molecule has 0 spiro atoms. The molecule has 2 aliphatic rings. The van der Waals surface area contributed by atoms with Gasteiger partial charge in [0.15, 0.2) is 0 Å². The lowest BCUT2D eigenvalue weighted by Crippen LogP contribution is -2.47. The van der Waals surface area contributed by atoms with Gasteiger partial charge in [0, 0.05) is 24.7 Å². The molecule has 2 aliphatic heterocycles. The fraction of sp³-hybridized carbons (Fsp3) is 0.571. The molecule has 0 aliphatic carbocycles. The molecule has 1 aromatic rings. The molecule has 1 atom stereocenters. The Labute approximate surface area is 151 Å². The van der Waals surface area contributed by atoms with Crippen molar-refractivity contribution < 1.29 is 9.53 Å². The minimum absolute atomic E-state index is 0.144. The van der Waals surface area contributed by atoms with Crippen molar-refractivity contribution in [3.8, 4) is 5.75 Å². The molecule has 25 heavy (non-hydrogen) atoms. The minimum Gasteiger partial charge on any atom is -0.490 e. The highest BCUT2D eigenvalue weighted by molar-refractivity contribution is 5.94. The number of benzene rings is 1. The Bertz CT molecular complexity index is 576. The van der Waals surface area contributed by atoms with Crippen LogP contribution in [0.15, 0.2) is 36.9 Å². The Morgan fingerprint density at radius 2 is 1.88 bits per heavy atom. The number of hydrogen-bond donors (Lipinski definition) is 0. The first-order valence-electron chi connectivity index (χ1n) is 9.52. The fourth-order valence-corrected chi connectivity index (χ4v) is 4.22. The maximum absolute atomic E-state index is 12.7. The number of nitrogens with zero attached hydrogens (tertiary/aromatic N) is 2. The number of amides is 1. The number of hydrogen-bond acceptors (Lipinski definition) is 3. The van der Waals surface area contributed by atoms with Gasteiger partial charge in [-0.3, -0.25) is 4.79 Å². The van der Waals surface area contributed by atoms with Crippen molar-refractivity contribution in [3.05, 3.63) is 42.5 Å². The third kappa shape index (κ3) is 4.43. The smallest absolute Gasteiger partial charge is 0.253 e. The van der Waals surface area contributed by atoms with Crippen LogP contribution in [-0.4, -0.2) is 55.0 Å². The van der Waals surface area contributed by atoms with Gasteiger partial charge in [0.05, 0.1) is 0 Å². The number of ether oxygens (including phenoxy) is 1. The summed E-state index contributed by atoms with van der Waals surface area (Å²) in [5, 5.41) is 0. The Morgan fingerprint density at radius 3 is 2.52 bits per heavy atom. The highest BCUT2D eigenvalue weighted by Gasteiger charge is 2.31. The summed E-state index contributed by atoms with van der Waals surface area (Å²) in [7, 11) is 2.26. The molecular formula is C21H30N2O2. The number of rotatable bonds is 5. The standard InChI is InChI=1S/C21H30N2O2/c1-3-16-25-19-9-7-18(8-10-19)21(24)23-14-11-17(12-15-23)20-6-4-5-13-22(20)2/h3,7-10,17,20H,1,4-6,11-16H2,2H3. The normalized spacial score (nSPS) is 22.6. The van der Waals surface area contributed by atoms with E-state index in [4.69, 9.17) is 4.74 Å². The molecule has 2 saturated heterocycles. The van der Waals surface area contributed by atoms with E-state index in [-0.39, 0.29) is 5.91 Å². The van der Waals surface area contributed by atoms with E-state index in [1.165, 1.54) is 25.8 Å². The van der Waals surface area contributed by atoms with Crippen molar-refractivity contribution in [2.75, 3.05) is 33.3 Å². The molecule has 2 heterocycles. The van der Waals surface area contributed by atoms with Crippen LogP contribution in [0.3, 0.4) is 0 Å². The monoisotopic (exact) mass is 342 g/mol. The molecule has 2 fully saturated rings. The van der Waals surface area contributed by atoms with E-state index in [9.17, 15) is 4.79 Å². The summed E-state index contributed by atoms with van der Waals surface area (Å²) in [6.45, 7) is 7.10. The van der Waals surface area contributed by atoms with Crippen LogP contribution in [0.2, 0.25) is 0 Å². The van der Waals surface area contributed by atoms with Crippen LogP contribution in [-0.2, 0) is 0 Å². The molecule has 1 amide bonds. The van der Waals surface area contributed by atoms with Gasteiger partial charge >= 0.3 is 0 Å². The van der Waals surface area contributed by atoms with Crippen LogP contribution < -0.4 is 4.74 Å². The van der Waals surface area contributed by atoms with Gasteiger partial charge in [0.25, 0.3) is 5.91 Å². The molecule has 1 aromatic carbocycles. The zero-order valence-electron chi connectivity index (χ0n) is 15.3. The third-order valence-corrected chi connectivity index (χ3v) is 5.67. The number of carbonyl (C=O) groups excluding carboxylic acids is 1. The molecule has 0 aromatic heterocycles. The highest BCUT2D eigenvalue weighted by atomic mass is 16.5. The van der Waals surface area contributed by atoms with Crippen LogP contribution in [0.5, 0.6) is 5.75 Å². The summed E-state index contributed by atoms with van der Waals surface area (Å²) in [6, 6.07) is 8.16. The van der Waals surface area contributed by atoms with E-state index in [1.54, 1.807) is 6.08 Å². The molecule has 136 valence electrons. The van der Waals surface area contributed by atoms with Crippen molar-refractivity contribution in [1.29, 1.82) is 0 Å². The largest absolute Gasteiger partial charge is 0.490 e.